The van der Waals surface area contributed by atoms with E-state index in [2.05, 4.69) is 51.1 Å². The molecule has 1 unspecified atom stereocenters. The molecule has 0 spiro atoms. The molecule has 0 bridgehead atoms. The van der Waals surface area contributed by atoms with Crippen molar-refractivity contribution in [1.82, 2.24) is 0 Å². The Morgan fingerprint density at radius 2 is 1.95 bits per heavy atom. The van der Waals surface area contributed by atoms with Crippen molar-refractivity contribution in [3.8, 4) is 0 Å². The van der Waals surface area contributed by atoms with Gasteiger partial charge in [-0.15, -0.1) is 0 Å². The normalized spacial score (nSPS) is 26.3. The van der Waals surface area contributed by atoms with Crippen molar-refractivity contribution in [2.24, 2.45) is 0 Å². The molecule has 0 N–H and O–H groups in total. The first-order valence-electron chi connectivity index (χ1n) is 7.58. The van der Waals surface area contributed by atoms with Crippen LogP contribution in [0.3, 0.4) is 0 Å². The second-order valence-corrected chi connectivity index (χ2v) is 6.55. The first-order chi connectivity index (χ1) is 9.05. The molecule has 1 aromatic carbocycles. The predicted molar refractivity (Wildman–Crippen MR) is 79.9 cm³/mol. The second-order valence-electron chi connectivity index (χ2n) is 6.55. The number of hydrogen-bond donors (Lipinski definition) is 0. The topological polar surface area (TPSA) is 9.23 Å². The summed E-state index contributed by atoms with van der Waals surface area (Å²) >= 11 is 0. The van der Waals surface area contributed by atoms with Gasteiger partial charge >= 0.3 is 0 Å². The molecule has 106 valence electrons. The lowest BCUT2D eigenvalue weighted by molar-refractivity contribution is -0.954. The summed E-state index contributed by atoms with van der Waals surface area (Å²) in [7, 11) is 0. The molecule has 0 aromatic heterocycles. The SMILES string of the molecule is CCCC[N+]1(Cc2ccccc2)CCOC(C)(C)C1. The Morgan fingerprint density at radius 1 is 1.21 bits per heavy atom. The van der Waals surface area contributed by atoms with E-state index in [0.717, 1.165) is 26.2 Å². The van der Waals surface area contributed by atoms with E-state index < -0.39 is 0 Å². The zero-order chi connectivity index (χ0) is 13.8. The number of ether oxygens (including phenoxy) is 1. The Balaban J connectivity index is 2.14. The van der Waals surface area contributed by atoms with Crippen LogP contribution in [0, 0.1) is 0 Å². The fraction of sp³-hybridized carbons (Fsp3) is 0.647. The number of morpholine rings is 1. The van der Waals surface area contributed by atoms with Crippen LogP contribution in [0.25, 0.3) is 0 Å². The maximum atomic E-state index is 5.92. The molecule has 1 aromatic rings. The van der Waals surface area contributed by atoms with Crippen molar-refractivity contribution in [3.05, 3.63) is 35.9 Å². The molecule has 19 heavy (non-hydrogen) atoms. The summed E-state index contributed by atoms with van der Waals surface area (Å²) in [5.41, 5.74) is 1.47. The number of benzene rings is 1. The lowest BCUT2D eigenvalue weighted by atomic mass is 10.0. The van der Waals surface area contributed by atoms with E-state index in [0.29, 0.717) is 0 Å². The highest BCUT2D eigenvalue weighted by atomic mass is 16.5. The maximum Gasteiger partial charge on any atom is 0.112 e. The number of rotatable bonds is 5. The minimum absolute atomic E-state index is 0.0147. The molecule has 0 saturated carbocycles. The summed E-state index contributed by atoms with van der Waals surface area (Å²) in [5, 5.41) is 0. The maximum absolute atomic E-state index is 5.92. The van der Waals surface area contributed by atoms with E-state index in [1.165, 1.54) is 29.4 Å². The van der Waals surface area contributed by atoms with E-state index in [9.17, 15) is 0 Å². The van der Waals surface area contributed by atoms with Crippen LogP contribution >= 0.6 is 0 Å². The number of hydrogen-bond acceptors (Lipinski definition) is 1. The lowest BCUT2D eigenvalue weighted by Gasteiger charge is -2.47. The molecular formula is C17H28NO+. The van der Waals surface area contributed by atoms with Crippen molar-refractivity contribution < 1.29 is 9.22 Å². The zero-order valence-corrected chi connectivity index (χ0v) is 12.7. The smallest absolute Gasteiger partial charge is 0.112 e. The molecule has 2 rings (SSSR count). The summed E-state index contributed by atoms with van der Waals surface area (Å²) in [6.07, 6.45) is 2.58. The van der Waals surface area contributed by atoms with E-state index in [4.69, 9.17) is 4.74 Å². The van der Waals surface area contributed by atoms with Gasteiger partial charge in [0.25, 0.3) is 0 Å². The van der Waals surface area contributed by atoms with Gasteiger partial charge in [-0.25, -0.2) is 0 Å². The quantitative estimate of drug-likeness (QED) is 0.737. The Bertz CT molecular complexity index is 388. The number of unbranched alkanes of at least 4 members (excludes halogenated alkanes) is 1. The highest BCUT2D eigenvalue weighted by Gasteiger charge is 2.39. The number of quaternary nitrogens is 1. The lowest BCUT2D eigenvalue weighted by Crippen LogP contribution is -2.61. The van der Waals surface area contributed by atoms with Crippen LogP contribution in [0.1, 0.15) is 39.2 Å². The van der Waals surface area contributed by atoms with E-state index >= 15 is 0 Å². The summed E-state index contributed by atoms with van der Waals surface area (Å²) in [6.45, 7) is 12.3. The van der Waals surface area contributed by atoms with Crippen molar-refractivity contribution in [3.63, 3.8) is 0 Å². The van der Waals surface area contributed by atoms with Crippen LogP contribution in [0.5, 0.6) is 0 Å². The molecule has 0 radical (unpaired) electrons. The van der Waals surface area contributed by atoms with E-state index in [1.54, 1.807) is 0 Å². The first kappa shape index (κ1) is 14.5. The van der Waals surface area contributed by atoms with Crippen LogP contribution in [0.2, 0.25) is 0 Å². The van der Waals surface area contributed by atoms with Crippen molar-refractivity contribution in [2.45, 2.75) is 45.8 Å². The van der Waals surface area contributed by atoms with Crippen molar-refractivity contribution >= 4 is 0 Å². The monoisotopic (exact) mass is 262 g/mol. The average molecular weight is 262 g/mol. The Morgan fingerprint density at radius 3 is 2.58 bits per heavy atom. The van der Waals surface area contributed by atoms with Gasteiger partial charge in [0.15, 0.2) is 0 Å². The van der Waals surface area contributed by atoms with Gasteiger partial charge in [0.1, 0.15) is 25.2 Å². The predicted octanol–water partition coefficient (Wildman–Crippen LogP) is 3.61. The molecule has 1 heterocycles. The number of nitrogens with zero attached hydrogens (tertiary/aromatic N) is 1. The molecule has 1 saturated heterocycles. The average Bonchev–Trinajstić information content (AvgIpc) is 2.36. The Kier molecular flexibility index (Phi) is 4.64. The molecule has 1 atom stereocenters. The third kappa shape index (κ3) is 4.05. The van der Waals surface area contributed by atoms with Crippen LogP contribution in [-0.4, -0.2) is 36.3 Å². The van der Waals surface area contributed by atoms with Crippen LogP contribution in [0.4, 0.5) is 0 Å². The van der Waals surface area contributed by atoms with Gasteiger partial charge in [0.05, 0.1) is 13.2 Å². The fourth-order valence-corrected chi connectivity index (χ4v) is 3.32. The molecule has 1 aliphatic rings. The molecule has 2 heteroatoms. The van der Waals surface area contributed by atoms with Gasteiger partial charge in [-0.3, -0.25) is 0 Å². The van der Waals surface area contributed by atoms with Gasteiger partial charge in [0.2, 0.25) is 0 Å². The second kappa shape index (κ2) is 6.06. The molecule has 0 aliphatic carbocycles. The van der Waals surface area contributed by atoms with Gasteiger partial charge in [-0.05, 0) is 20.3 Å². The van der Waals surface area contributed by atoms with Crippen molar-refractivity contribution in [2.75, 3.05) is 26.2 Å². The first-order valence-corrected chi connectivity index (χ1v) is 7.58. The largest absolute Gasteiger partial charge is 0.364 e. The van der Waals surface area contributed by atoms with Gasteiger partial charge in [0, 0.05) is 5.56 Å². The molecule has 1 aliphatic heterocycles. The van der Waals surface area contributed by atoms with Crippen LogP contribution in [-0.2, 0) is 11.3 Å². The minimum atomic E-state index is 0.0147. The van der Waals surface area contributed by atoms with Gasteiger partial charge < -0.3 is 9.22 Å². The Hall–Kier alpha value is -0.860. The molecular weight excluding hydrogens is 234 g/mol. The molecule has 0 amide bonds. The van der Waals surface area contributed by atoms with Crippen molar-refractivity contribution in [1.29, 1.82) is 0 Å². The molecule has 1 fully saturated rings. The highest BCUT2D eigenvalue weighted by molar-refractivity contribution is 5.13. The van der Waals surface area contributed by atoms with E-state index in [-0.39, 0.29) is 5.60 Å². The third-order valence-electron chi connectivity index (χ3n) is 4.12. The van der Waals surface area contributed by atoms with Gasteiger partial charge in [-0.2, -0.15) is 0 Å². The highest BCUT2D eigenvalue weighted by Crippen LogP contribution is 2.27. The minimum Gasteiger partial charge on any atom is -0.364 e. The van der Waals surface area contributed by atoms with Crippen LogP contribution < -0.4 is 0 Å². The summed E-state index contributed by atoms with van der Waals surface area (Å²) in [5.74, 6) is 0. The summed E-state index contributed by atoms with van der Waals surface area (Å²) in [6, 6.07) is 10.9. The molecule has 2 nitrogen and oxygen atoms in total. The Labute approximate surface area is 118 Å². The zero-order valence-electron chi connectivity index (χ0n) is 12.7. The fourth-order valence-electron chi connectivity index (χ4n) is 3.32. The summed E-state index contributed by atoms with van der Waals surface area (Å²) < 4.78 is 7.11. The standard InChI is InChI=1S/C17H28NO/c1-4-5-11-18(12-13-19-17(2,3)15-18)14-16-9-7-6-8-10-16/h6-10H,4-5,11-15H2,1-3H3/q+1. The third-order valence-corrected chi connectivity index (χ3v) is 4.12. The van der Waals surface area contributed by atoms with E-state index in [1.807, 2.05) is 0 Å². The summed E-state index contributed by atoms with van der Waals surface area (Å²) in [4.78, 5) is 0. The van der Waals surface area contributed by atoms with Crippen LogP contribution in [0.15, 0.2) is 30.3 Å². The van der Waals surface area contributed by atoms with Gasteiger partial charge in [-0.1, -0.05) is 43.7 Å².